The lowest BCUT2D eigenvalue weighted by Gasteiger charge is -2.31. The summed E-state index contributed by atoms with van der Waals surface area (Å²) in [5.41, 5.74) is 0. The first-order valence-electron chi connectivity index (χ1n) is 8.97. The number of aromatic nitrogens is 1. The van der Waals surface area contributed by atoms with Gasteiger partial charge in [0, 0.05) is 32.0 Å². The van der Waals surface area contributed by atoms with Gasteiger partial charge in [0.05, 0.1) is 7.11 Å². The molecule has 29 heavy (non-hydrogen) atoms. The van der Waals surface area contributed by atoms with Crippen LogP contribution in [0.25, 0.3) is 0 Å². The number of benzene rings is 1. The maximum Gasteiger partial charge on any atom is 0.244 e. The number of hydrogen-bond donors (Lipinski definition) is 1. The number of pyridine rings is 1. The van der Waals surface area contributed by atoms with E-state index in [0.717, 1.165) is 12.1 Å². The van der Waals surface area contributed by atoms with Crippen LogP contribution >= 0.6 is 0 Å². The van der Waals surface area contributed by atoms with E-state index in [1.807, 2.05) is 0 Å². The van der Waals surface area contributed by atoms with E-state index in [2.05, 4.69) is 9.71 Å². The fraction of sp³-hybridized carbons (Fsp3) is 0.389. The van der Waals surface area contributed by atoms with E-state index < -0.39 is 25.9 Å². The van der Waals surface area contributed by atoms with Crippen molar-refractivity contribution in [2.75, 3.05) is 26.7 Å². The second-order valence-corrected chi connectivity index (χ2v) is 10.4. The van der Waals surface area contributed by atoms with Crippen LogP contribution in [0.5, 0.6) is 5.75 Å². The number of rotatable bonds is 7. The summed E-state index contributed by atoms with van der Waals surface area (Å²) in [6.07, 6.45) is 3.82. The summed E-state index contributed by atoms with van der Waals surface area (Å²) >= 11 is 0. The molecule has 0 unspecified atom stereocenters. The van der Waals surface area contributed by atoms with Crippen LogP contribution in [0.15, 0.2) is 52.5 Å². The van der Waals surface area contributed by atoms with E-state index in [0.29, 0.717) is 12.8 Å². The molecule has 1 aliphatic heterocycles. The van der Waals surface area contributed by atoms with E-state index in [-0.39, 0.29) is 41.1 Å². The zero-order valence-electron chi connectivity index (χ0n) is 15.8. The first kappa shape index (κ1) is 21.6. The summed E-state index contributed by atoms with van der Waals surface area (Å²) in [5.74, 6) is -0.666. The van der Waals surface area contributed by atoms with Gasteiger partial charge in [0.1, 0.15) is 21.4 Å². The fourth-order valence-electron chi connectivity index (χ4n) is 3.17. The van der Waals surface area contributed by atoms with Crippen LogP contribution in [0.3, 0.4) is 0 Å². The Morgan fingerprint density at radius 1 is 1.21 bits per heavy atom. The van der Waals surface area contributed by atoms with Crippen molar-refractivity contribution >= 4 is 20.0 Å². The van der Waals surface area contributed by atoms with Crippen LogP contribution in [-0.2, 0) is 20.0 Å². The number of ether oxygens (including phenoxy) is 1. The molecule has 0 bridgehead atoms. The third-order valence-electron chi connectivity index (χ3n) is 4.82. The van der Waals surface area contributed by atoms with Gasteiger partial charge in [0.2, 0.25) is 20.0 Å². The van der Waals surface area contributed by atoms with Gasteiger partial charge in [0.15, 0.2) is 0 Å². The standard InChI is InChI=1S/C18H22FN3O5S2/c1-27-17-5-4-15(19)11-18(17)28(23,24)21-12-14-6-9-22(10-7-14)29(25,26)16-3-2-8-20-13-16/h2-5,8,11,13-14,21H,6-7,9-10,12H2,1H3. The molecule has 3 rings (SSSR count). The SMILES string of the molecule is COc1ccc(F)cc1S(=O)(=O)NCC1CCN(S(=O)(=O)c2cccnc2)CC1. The smallest absolute Gasteiger partial charge is 0.244 e. The molecule has 1 aromatic carbocycles. The lowest BCUT2D eigenvalue weighted by molar-refractivity contribution is 0.274. The topological polar surface area (TPSA) is 106 Å². The lowest BCUT2D eigenvalue weighted by atomic mass is 9.99. The van der Waals surface area contributed by atoms with Gasteiger partial charge >= 0.3 is 0 Å². The monoisotopic (exact) mass is 443 g/mol. The Morgan fingerprint density at radius 3 is 2.55 bits per heavy atom. The van der Waals surface area contributed by atoms with Crippen LogP contribution in [-0.4, -0.2) is 52.9 Å². The molecule has 0 radical (unpaired) electrons. The first-order valence-corrected chi connectivity index (χ1v) is 11.9. The van der Waals surface area contributed by atoms with Crippen LogP contribution in [0.2, 0.25) is 0 Å². The number of sulfonamides is 2. The van der Waals surface area contributed by atoms with Gasteiger partial charge in [-0.3, -0.25) is 4.98 Å². The molecule has 1 aliphatic rings. The van der Waals surface area contributed by atoms with Gasteiger partial charge in [-0.2, -0.15) is 4.31 Å². The van der Waals surface area contributed by atoms with Crippen molar-refractivity contribution in [2.24, 2.45) is 5.92 Å². The Labute approximate surface area is 169 Å². The highest BCUT2D eigenvalue weighted by Gasteiger charge is 2.30. The molecular weight excluding hydrogens is 421 g/mol. The number of piperidine rings is 1. The highest BCUT2D eigenvalue weighted by Crippen LogP contribution is 2.26. The Kier molecular flexibility index (Phi) is 6.52. The average Bonchev–Trinajstić information content (AvgIpc) is 2.73. The predicted octanol–water partition coefficient (Wildman–Crippen LogP) is 1.61. The van der Waals surface area contributed by atoms with Crippen molar-refractivity contribution in [3.8, 4) is 5.75 Å². The van der Waals surface area contributed by atoms with Gasteiger partial charge in [-0.1, -0.05) is 0 Å². The Hall–Kier alpha value is -2.08. The third kappa shape index (κ3) is 4.92. The van der Waals surface area contributed by atoms with E-state index >= 15 is 0 Å². The minimum atomic E-state index is -3.96. The normalized spacial score (nSPS) is 16.6. The number of halogens is 1. The van der Waals surface area contributed by atoms with Crippen molar-refractivity contribution in [1.82, 2.24) is 14.0 Å². The molecule has 1 saturated heterocycles. The van der Waals surface area contributed by atoms with E-state index in [1.54, 1.807) is 6.07 Å². The number of hydrogen-bond acceptors (Lipinski definition) is 6. The Bertz CT molecular complexity index is 1050. The maximum absolute atomic E-state index is 13.5. The van der Waals surface area contributed by atoms with Crippen molar-refractivity contribution < 1.29 is 26.0 Å². The fourth-order valence-corrected chi connectivity index (χ4v) is 5.90. The second-order valence-electron chi connectivity index (χ2n) is 6.68. The second kappa shape index (κ2) is 8.74. The predicted molar refractivity (Wildman–Crippen MR) is 104 cm³/mol. The number of methoxy groups -OCH3 is 1. The van der Waals surface area contributed by atoms with E-state index in [1.165, 1.54) is 35.9 Å². The minimum Gasteiger partial charge on any atom is -0.495 e. The molecule has 8 nitrogen and oxygen atoms in total. The Morgan fingerprint density at radius 2 is 1.93 bits per heavy atom. The highest BCUT2D eigenvalue weighted by atomic mass is 32.2. The molecule has 2 heterocycles. The summed E-state index contributed by atoms with van der Waals surface area (Å²) in [6.45, 7) is 0.697. The molecule has 0 amide bonds. The van der Waals surface area contributed by atoms with Gasteiger partial charge < -0.3 is 4.74 Å². The molecular formula is C18H22FN3O5S2. The van der Waals surface area contributed by atoms with Gasteiger partial charge in [-0.15, -0.1) is 0 Å². The first-order chi connectivity index (χ1) is 13.7. The summed E-state index contributed by atoms with van der Waals surface area (Å²) in [6, 6.07) is 6.34. The summed E-state index contributed by atoms with van der Waals surface area (Å²) in [7, 11) is -6.27. The van der Waals surface area contributed by atoms with Crippen LogP contribution in [0.1, 0.15) is 12.8 Å². The van der Waals surface area contributed by atoms with Crippen molar-refractivity contribution in [1.29, 1.82) is 0 Å². The Balaban J connectivity index is 1.61. The molecule has 11 heteroatoms. The summed E-state index contributed by atoms with van der Waals surface area (Å²) in [5, 5.41) is 0. The zero-order chi connectivity index (χ0) is 21.1. The quantitative estimate of drug-likeness (QED) is 0.697. The number of nitrogens with zero attached hydrogens (tertiary/aromatic N) is 2. The van der Waals surface area contributed by atoms with Crippen molar-refractivity contribution in [3.05, 3.63) is 48.5 Å². The van der Waals surface area contributed by atoms with Crippen molar-refractivity contribution in [2.45, 2.75) is 22.6 Å². The van der Waals surface area contributed by atoms with E-state index in [9.17, 15) is 21.2 Å². The average molecular weight is 444 g/mol. The van der Waals surface area contributed by atoms with Gasteiger partial charge in [0.25, 0.3) is 0 Å². The summed E-state index contributed by atoms with van der Waals surface area (Å²) < 4.78 is 72.7. The maximum atomic E-state index is 13.5. The number of nitrogens with one attached hydrogen (secondary N) is 1. The molecule has 2 aromatic rings. The van der Waals surface area contributed by atoms with Gasteiger partial charge in [-0.05, 0) is 49.1 Å². The molecule has 1 fully saturated rings. The highest BCUT2D eigenvalue weighted by molar-refractivity contribution is 7.89. The third-order valence-corrected chi connectivity index (χ3v) is 8.15. The molecule has 158 valence electrons. The molecule has 1 aromatic heterocycles. The van der Waals surface area contributed by atoms with Gasteiger partial charge in [-0.25, -0.2) is 25.9 Å². The molecule has 0 aliphatic carbocycles. The zero-order valence-corrected chi connectivity index (χ0v) is 17.4. The molecule has 1 N–H and O–H groups in total. The van der Waals surface area contributed by atoms with Crippen LogP contribution in [0, 0.1) is 11.7 Å². The lowest BCUT2D eigenvalue weighted by Crippen LogP contribution is -2.41. The van der Waals surface area contributed by atoms with E-state index in [4.69, 9.17) is 4.74 Å². The molecule has 0 saturated carbocycles. The van der Waals surface area contributed by atoms with Crippen molar-refractivity contribution in [3.63, 3.8) is 0 Å². The molecule has 0 spiro atoms. The minimum absolute atomic E-state index is 0.0373. The van der Waals surface area contributed by atoms with Crippen LogP contribution < -0.4 is 9.46 Å². The molecule has 0 atom stereocenters. The largest absolute Gasteiger partial charge is 0.495 e. The summed E-state index contributed by atoms with van der Waals surface area (Å²) in [4.78, 5) is 3.72. The van der Waals surface area contributed by atoms with Crippen LogP contribution in [0.4, 0.5) is 4.39 Å².